The molecule has 0 saturated carbocycles. The van der Waals surface area contributed by atoms with E-state index in [1.54, 1.807) is 22.9 Å². The maximum Gasteiger partial charge on any atom is 0.382 e. The van der Waals surface area contributed by atoms with Gasteiger partial charge in [0, 0.05) is 11.1 Å². The summed E-state index contributed by atoms with van der Waals surface area (Å²) < 4.78 is 3.49. The first-order valence-electron chi connectivity index (χ1n) is 5.42. The molecule has 1 heterocycles. The second-order valence-electron chi connectivity index (χ2n) is 4.40. The molecule has 7 heteroatoms. The largest absolute Gasteiger partial charge is 0.691 e. The van der Waals surface area contributed by atoms with Crippen LogP contribution in [-0.2, 0) is 0 Å². The van der Waals surface area contributed by atoms with Crippen LogP contribution in [0.3, 0.4) is 0 Å². The lowest BCUT2D eigenvalue weighted by Gasteiger charge is -2.09. The molecule has 0 unspecified atom stereocenters. The monoisotopic (exact) mass is 268 g/mol. The summed E-state index contributed by atoms with van der Waals surface area (Å²) in [5, 5.41) is 16.3. The standard InChI is InChI=1S/C11H15ClN5O/c1-14(2)11(15(3)4)16-9-6-5-8(12)7-10(9)17(18)13-16/h5-7H,1-4H3/q+1. The fourth-order valence-electron chi connectivity index (χ4n) is 1.93. The molecule has 0 saturated heterocycles. The van der Waals surface area contributed by atoms with Gasteiger partial charge in [-0.2, -0.15) is 0 Å². The molecule has 0 spiro atoms. The predicted molar refractivity (Wildman–Crippen MR) is 69.9 cm³/mol. The first-order valence-corrected chi connectivity index (χ1v) is 5.79. The molecule has 0 radical (unpaired) electrons. The van der Waals surface area contributed by atoms with Gasteiger partial charge in [-0.05, 0) is 12.1 Å². The van der Waals surface area contributed by atoms with Gasteiger partial charge in [-0.1, -0.05) is 16.3 Å². The van der Waals surface area contributed by atoms with Crippen molar-refractivity contribution in [2.45, 2.75) is 0 Å². The fraction of sp³-hybridized carbons (Fsp3) is 0.364. The second-order valence-corrected chi connectivity index (χ2v) is 4.83. The van der Waals surface area contributed by atoms with Crippen LogP contribution in [0.4, 0.5) is 0 Å². The molecule has 2 aromatic rings. The Balaban J connectivity index is 2.77. The highest BCUT2D eigenvalue weighted by Gasteiger charge is 2.23. The van der Waals surface area contributed by atoms with Gasteiger partial charge in [0.2, 0.25) is 0 Å². The Bertz CT molecular complexity index is 628. The van der Waals surface area contributed by atoms with Gasteiger partial charge in [-0.3, -0.25) is 9.48 Å². The van der Waals surface area contributed by atoms with Crippen molar-refractivity contribution in [1.82, 2.24) is 14.8 Å². The third kappa shape index (κ3) is 1.99. The van der Waals surface area contributed by atoms with E-state index in [0.717, 1.165) is 5.96 Å². The van der Waals surface area contributed by atoms with E-state index in [9.17, 15) is 5.21 Å². The topological polar surface area (TPSA) is 51.0 Å². The number of rotatable bonds is 0. The average Bonchev–Trinajstić information content (AvgIpc) is 2.55. The van der Waals surface area contributed by atoms with Gasteiger partial charge in [0.25, 0.3) is 0 Å². The van der Waals surface area contributed by atoms with Crippen LogP contribution in [0.25, 0.3) is 11.0 Å². The lowest BCUT2D eigenvalue weighted by molar-refractivity contribution is -0.645. The van der Waals surface area contributed by atoms with E-state index in [0.29, 0.717) is 20.9 Å². The minimum atomic E-state index is 0.448. The lowest BCUT2D eigenvalue weighted by atomic mass is 10.3. The Morgan fingerprint density at radius 2 is 2.11 bits per heavy atom. The van der Waals surface area contributed by atoms with Gasteiger partial charge < -0.3 is 5.21 Å². The predicted octanol–water partition coefficient (Wildman–Crippen LogP) is 0.361. The minimum absolute atomic E-state index is 0.448. The number of benzene rings is 1. The fourth-order valence-corrected chi connectivity index (χ4v) is 2.10. The maximum absolute atomic E-state index is 11.8. The molecule has 0 bridgehead atoms. The Hall–Kier alpha value is -1.82. The minimum Gasteiger partial charge on any atom is -0.691 e. The van der Waals surface area contributed by atoms with Crippen molar-refractivity contribution in [2.24, 2.45) is 0 Å². The quantitative estimate of drug-likeness (QED) is 0.300. The van der Waals surface area contributed by atoms with Crippen molar-refractivity contribution in [1.29, 1.82) is 0 Å². The Morgan fingerprint density at radius 3 is 2.67 bits per heavy atom. The van der Waals surface area contributed by atoms with Crippen LogP contribution >= 0.6 is 11.6 Å². The highest BCUT2D eigenvalue weighted by molar-refractivity contribution is 6.31. The normalized spacial score (nSPS) is 10.7. The van der Waals surface area contributed by atoms with Crippen LogP contribution in [0.5, 0.6) is 0 Å². The number of halogens is 1. The van der Waals surface area contributed by atoms with Crippen LogP contribution in [-0.4, -0.2) is 53.5 Å². The first kappa shape index (κ1) is 12.6. The van der Waals surface area contributed by atoms with Gasteiger partial charge in [-0.15, -0.1) is 4.85 Å². The van der Waals surface area contributed by atoms with E-state index in [1.165, 1.54) is 0 Å². The third-order valence-electron chi connectivity index (χ3n) is 2.53. The molecule has 0 aliphatic rings. The maximum atomic E-state index is 11.8. The molecule has 0 aliphatic carbocycles. The molecule has 0 fully saturated rings. The van der Waals surface area contributed by atoms with E-state index in [2.05, 4.69) is 5.21 Å². The van der Waals surface area contributed by atoms with E-state index >= 15 is 0 Å². The number of hydrogen-bond acceptors (Lipinski definition) is 2. The van der Waals surface area contributed by atoms with Crippen LogP contribution in [0.2, 0.25) is 5.02 Å². The van der Waals surface area contributed by atoms with Crippen molar-refractivity contribution in [2.75, 3.05) is 28.2 Å². The van der Waals surface area contributed by atoms with Gasteiger partial charge in [0.05, 0.1) is 33.4 Å². The van der Waals surface area contributed by atoms with E-state index in [4.69, 9.17) is 11.6 Å². The van der Waals surface area contributed by atoms with Gasteiger partial charge in [0.1, 0.15) is 0 Å². The van der Waals surface area contributed by atoms with Crippen molar-refractivity contribution in [3.8, 4) is 0 Å². The van der Waals surface area contributed by atoms with Crippen molar-refractivity contribution < 1.29 is 9.42 Å². The molecule has 6 nitrogen and oxygen atoms in total. The molecular weight excluding hydrogens is 254 g/mol. The van der Waals surface area contributed by atoms with Gasteiger partial charge in [0.15, 0.2) is 11.0 Å². The number of aromatic nitrogens is 3. The third-order valence-corrected chi connectivity index (χ3v) is 2.77. The zero-order valence-electron chi connectivity index (χ0n) is 10.8. The Labute approximate surface area is 110 Å². The average molecular weight is 269 g/mol. The zero-order chi connectivity index (χ0) is 13.4. The molecule has 18 heavy (non-hydrogen) atoms. The summed E-state index contributed by atoms with van der Waals surface area (Å²) in [6.07, 6.45) is 0. The zero-order valence-corrected chi connectivity index (χ0v) is 11.5. The Morgan fingerprint density at radius 1 is 1.44 bits per heavy atom. The number of nitrogens with zero attached hydrogens (tertiary/aromatic N) is 5. The summed E-state index contributed by atoms with van der Waals surface area (Å²) in [7, 11) is 7.59. The van der Waals surface area contributed by atoms with Gasteiger partial charge >= 0.3 is 5.96 Å². The molecule has 0 N–H and O–H groups in total. The van der Waals surface area contributed by atoms with Crippen molar-refractivity contribution in [3.05, 3.63) is 28.4 Å². The summed E-state index contributed by atoms with van der Waals surface area (Å²) in [6.45, 7) is 0. The number of hydrogen-bond donors (Lipinski definition) is 0. The SMILES string of the molecule is CN(C)C(n1n[n+]([O-])c2cc(Cl)ccc21)=[N+](C)C. The molecule has 96 valence electrons. The molecular formula is C11H15ClN5O+. The van der Waals surface area contributed by atoms with E-state index in [-0.39, 0.29) is 0 Å². The summed E-state index contributed by atoms with van der Waals surface area (Å²) >= 11 is 5.89. The molecule has 1 aromatic heterocycles. The first-order chi connectivity index (χ1) is 8.41. The number of fused-ring (bicyclic) bond motifs is 1. The molecule has 0 amide bonds. The van der Waals surface area contributed by atoms with Crippen molar-refractivity contribution >= 4 is 28.6 Å². The second kappa shape index (κ2) is 4.45. The van der Waals surface area contributed by atoms with Crippen LogP contribution in [0.1, 0.15) is 0 Å². The molecule has 0 aliphatic heterocycles. The molecule has 0 atom stereocenters. The van der Waals surface area contributed by atoms with E-state index < -0.39 is 0 Å². The molecule has 1 aromatic carbocycles. The smallest absolute Gasteiger partial charge is 0.382 e. The van der Waals surface area contributed by atoms with Crippen LogP contribution < -0.4 is 4.85 Å². The van der Waals surface area contributed by atoms with E-state index in [1.807, 2.05) is 37.7 Å². The summed E-state index contributed by atoms with van der Waals surface area (Å²) in [5.74, 6) is 0.789. The summed E-state index contributed by atoms with van der Waals surface area (Å²) in [5.41, 5.74) is 1.16. The Kier molecular flexibility index (Phi) is 3.13. The highest BCUT2D eigenvalue weighted by atomic mass is 35.5. The summed E-state index contributed by atoms with van der Waals surface area (Å²) in [6, 6.07) is 5.13. The van der Waals surface area contributed by atoms with Crippen LogP contribution in [0, 0.1) is 5.21 Å². The van der Waals surface area contributed by atoms with Gasteiger partial charge in [-0.25, -0.2) is 0 Å². The van der Waals surface area contributed by atoms with Crippen LogP contribution in [0.15, 0.2) is 18.2 Å². The lowest BCUT2D eigenvalue weighted by Crippen LogP contribution is -2.39. The van der Waals surface area contributed by atoms with Crippen molar-refractivity contribution in [3.63, 3.8) is 0 Å². The summed E-state index contributed by atoms with van der Waals surface area (Å²) in [4.78, 5) is 2.47. The highest BCUT2D eigenvalue weighted by Crippen LogP contribution is 2.16. The molecule has 2 rings (SSSR count).